The van der Waals surface area contributed by atoms with Crippen LogP contribution in [0.4, 0.5) is 0 Å². The first-order valence-electron chi connectivity index (χ1n) is 6.86. The lowest BCUT2D eigenvalue weighted by Crippen LogP contribution is -2.44. The average molecular weight is 316 g/mol. The van der Waals surface area contributed by atoms with Gasteiger partial charge in [-0.3, -0.25) is 4.79 Å². The Hall–Kier alpha value is -0.770. The van der Waals surface area contributed by atoms with Crippen molar-refractivity contribution in [2.45, 2.75) is 26.2 Å². The van der Waals surface area contributed by atoms with Gasteiger partial charge in [0.2, 0.25) is 0 Å². The van der Waals surface area contributed by atoms with Gasteiger partial charge in [0, 0.05) is 25.3 Å². The van der Waals surface area contributed by atoms with Crippen LogP contribution >= 0.6 is 23.2 Å². The summed E-state index contributed by atoms with van der Waals surface area (Å²) in [6, 6.07) is 4.95. The molecular formula is C15H19Cl2NO2. The first-order chi connectivity index (χ1) is 9.51. The molecule has 1 aromatic carbocycles. The zero-order chi connectivity index (χ0) is 14.8. The van der Waals surface area contributed by atoms with E-state index in [9.17, 15) is 9.90 Å². The Kier molecular flexibility index (Phi) is 4.95. The van der Waals surface area contributed by atoms with Crippen LogP contribution in [0, 0.1) is 5.41 Å². The van der Waals surface area contributed by atoms with E-state index in [0.717, 1.165) is 19.3 Å². The summed E-state index contributed by atoms with van der Waals surface area (Å²) in [5.74, 6) is -0.0220. The third kappa shape index (κ3) is 3.11. The number of carbonyl (C=O) groups excluding carboxylic acids is 1. The van der Waals surface area contributed by atoms with Crippen molar-refractivity contribution in [2.24, 2.45) is 5.41 Å². The Bertz CT molecular complexity index is 491. The molecule has 0 atom stereocenters. The lowest BCUT2D eigenvalue weighted by molar-refractivity contribution is 0.0338. The SMILES string of the molecule is CCC1(CO)CCN(C(=O)c2ccc(Cl)c(Cl)c2)CC1. The number of rotatable bonds is 3. The van der Waals surface area contributed by atoms with Crippen molar-refractivity contribution in [2.75, 3.05) is 19.7 Å². The Morgan fingerprint density at radius 1 is 1.30 bits per heavy atom. The Morgan fingerprint density at radius 3 is 2.45 bits per heavy atom. The van der Waals surface area contributed by atoms with E-state index in [4.69, 9.17) is 23.2 Å². The number of piperidine rings is 1. The first kappa shape index (κ1) is 15.6. The van der Waals surface area contributed by atoms with Gasteiger partial charge in [0.1, 0.15) is 0 Å². The quantitative estimate of drug-likeness (QED) is 0.925. The van der Waals surface area contributed by atoms with Gasteiger partial charge in [-0.05, 0) is 42.9 Å². The monoisotopic (exact) mass is 315 g/mol. The number of aliphatic hydroxyl groups is 1. The summed E-state index contributed by atoms with van der Waals surface area (Å²) in [5.41, 5.74) is 0.543. The fourth-order valence-corrected chi connectivity index (χ4v) is 2.92. The maximum Gasteiger partial charge on any atom is 0.253 e. The first-order valence-corrected chi connectivity index (χ1v) is 7.62. The summed E-state index contributed by atoms with van der Waals surface area (Å²) >= 11 is 11.8. The van der Waals surface area contributed by atoms with Crippen LogP contribution in [0.5, 0.6) is 0 Å². The number of aliphatic hydroxyl groups excluding tert-OH is 1. The van der Waals surface area contributed by atoms with Gasteiger partial charge < -0.3 is 10.0 Å². The largest absolute Gasteiger partial charge is 0.396 e. The molecule has 0 saturated carbocycles. The van der Waals surface area contributed by atoms with Crippen LogP contribution in [0.25, 0.3) is 0 Å². The van der Waals surface area contributed by atoms with Crippen molar-refractivity contribution in [3.05, 3.63) is 33.8 Å². The summed E-state index contributed by atoms with van der Waals surface area (Å²) in [4.78, 5) is 14.2. The number of halogens is 2. The number of hydrogen-bond donors (Lipinski definition) is 1. The van der Waals surface area contributed by atoms with E-state index in [2.05, 4.69) is 6.92 Å². The van der Waals surface area contributed by atoms with E-state index in [1.807, 2.05) is 4.90 Å². The van der Waals surface area contributed by atoms with Crippen molar-refractivity contribution in [1.82, 2.24) is 4.90 Å². The van der Waals surface area contributed by atoms with Gasteiger partial charge in [-0.2, -0.15) is 0 Å². The van der Waals surface area contributed by atoms with E-state index < -0.39 is 0 Å². The third-order valence-electron chi connectivity index (χ3n) is 4.36. The predicted molar refractivity (Wildman–Crippen MR) is 81.4 cm³/mol. The Balaban J connectivity index is 2.06. The normalized spacial score (nSPS) is 18.1. The molecule has 0 radical (unpaired) electrons. The minimum absolute atomic E-state index is 0.0194. The molecule has 1 aromatic rings. The molecule has 5 heteroatoms. The summed E-state index contributed by atoms with van der Waals surface area (Å²) < 4.78 is 0. The third-order valence-corrected chi connectivity index (χ3v) is 5.10. The highest BCUT2D eigenvalue weighted by Gasteiger charge is 2.34. The highest BCUT2D eigenvalue weighted by atomic mass is 35.5. The number of likely N-dealkylation sites (tertiary alicyclic amines) is 1. The van der Waals surface area contributed by atoms with Gasteiger partial charge in [-0.25, -0.2) is 0 Å². The highest BCUT2D eigenvalue weighted by molar-refractivity contribution is 6.42. The molecule has 0 bridgehead atoms. The molecule has 110 valence electrons. The van der Waals surface area contributed by atoms with E-state index in [1.165, 1.54) is 0 Å². The smallest absolute Gasteiger partial charge is 0.253 e. The number of carbonyl (C=O) groups is 1. The molecular weight excluding hydrogens is 297 g/mol. The number of hydrogen-bond acceptors (Lipinski definition) is 2. The van der Waals surface area contributed by atoms with Gasteiger partial charge in [0.25, 0.3) is 5.91 Å². The highest BCUT2D eigenvalue weighted by Crippen LogP contribution is 2.34. The second-order valence-electron chi connectivity index (χ2n) is 5.43. The fourth-order valence-electron chi connectivity index (χ4n) is 2.62. The van der Waals surface area contributed by atoms with Crippen LogP contribution in [0.3, 0.4) is 0 Å². The lowest BCUT2D eigenvalue weighted by Gasteiger charge is -2.40. The van der Waals surface area contributed by atoms with Crippen molar-refractivity contribution in [3.8, 4) is 0 Å². The number of nitrogens with zero attached hydrogens (tertiary/aromatic N) is 1. The molecule has 1 saturated heterocycles. The topological polar surface area (TPSA) is 40.5 Å². The van der Waals surface area contributed by atoms with Crippen molar-refractivity contribution >= 4 is 29.1 Å². The number of amides is 1. The molecule has 1 aliphatic heterocycles. The van der Waals surface area contributed by atoms with Crippen LogP contribution in [0.2, 0.25) is 10.0 Å². The molecule has 0 spiro atoms. The molecule has 2 rings (SSSR count). The van der Waals surface area contributed by atoms with Gasteiger partial charge >= 0.3 is 0 Å². The summed E-state index contributed by atoms with van der Waals surface area (Å²) in [7, 11) is 0. The zero-order valence-electron chi connectivity index (χ0n) is 11.5. The van der Waals surface area contributed by atoms with Gasteiger partial charge in [-0.1, -0.05) is 30.1 Å². The van der Waals surface area contributed by atoms with Crippen molar-refractivity contribution in [3.63, 3.8) is 0 Å². The number of benzene rings is 1. The van der Waals surface area contributed by atoms with Crippen LogP contribution in [0.1, 0.15) is 36.5 Å². The summed E-state index contributed by atoms with van der Waals surface area (Å²) in [6.07, 6.45) is 2.62. The lowest BCUT2D eigenvalue weighted by atomic mass is 9.77. The Labute approximate surface area is 129 Å². The van der Waals surface area contributed by atoms with Crippen LogP contribution < -0.4 is 0 Å². The van der Waals surface area contributed by atoms with Crippen LogP contribution in [-0.2, 0) is 0 Å². The standard InChI is InChI=1S/C15H19Cl2NO2/c1-2-15(10-19)5-7-18(8-6-15)14(20)11-3-4-12(16)13(17)9-11/h3-4,9,19H,2,5-8,10H2,1H3. The van der Waals surface area contributed by atoms with Gasteiger partial charge in [-0.15, -0.1) is 0 Å². The predicted octanol–water partition coefficient (Wildman–Crippen LogP) is 3.62. The molecule has 1 amide bonds. The molecule has 1 N–H and O–H groups in total. The fraction of sp³-hybridized carbons (Fsp3) is 0.533. The van der Waals surface area contributed by atoms with E-state index in [0.29, 0.717) is 28.7 Å². The van der Waals surface area contributed by atoms with Crippen LogP contribution in [0.15, 0.2) is 18.2 Å². The maximum absolute atomic E-state index is 12.4. The van der Waals surface area contributed by atoms with E-state index in [1.54, 1.807) is 18.2 Å². The molecule has 0 aromatic heterocycles. The second-order valence-corrected chi connectivity index (χ2v) is 6.25. The summed E-state index contributed by atoms with van der Waals surface area (Å²) in [5, 5.41) is 10.4. The van der Waals surface area contributed by atoms with Crippen molar-refractivity contribution < 1.29 is 9.90 Å². The zero-order valence-corrected chi connectivity index (χ0v) is 13.0. The molecule has 1 heterocycles. The van der Waals surface area contributed by atoms with E-state index in [-0.39, 0.29) is 17.9 Å². The maximum atomic E-state index is 12.4. The minimum atomic E-state index is -0.0220. The molecule has 0 aliphatic carbocycles. The van der Waals surface area contributed by atoms with Crippen molar-refractivity contribution in [1.29, 1.82) is 0 Å². The minimum Gasteiger partial charge on any atom is -0.396 e. The second kappa shape index (κ2) is 6.33. The van der Waals surface area contributed by atoms with Crippen LogP contribution in [-0.4, -0.2) is 35.6 Å². The Morgan fingerprint density at radius 2 is 1.95 bits per heavy atom. The molecule has 3 nitrogen and oxygen atoms in total. The van der Waals surface area contributed by atoms with E-state index >= 15 is 0 Å². The molecule has 1 aliphatic rings. The average Bonchev–Trinajstić information content (AvgIpc) is 2.49. The van der Waals surface area contributed by atoms with Gasteiger partial charge in [0.05, 0.1) is 10.0 Å². The summed E-state index contributed by atoms with van der Waals surface area (Å²) in [6.45, 7) is 3.63. The van der Waals surface area contributed by atoms with Gasteiger partial charge in [0.15, 0.2) is 0 Å². The molecule has 0 unspecified atom stereocenters. The molecule has 20 heavy (non-hydrogen) atoms. The molecule has 1 fully saturated rings.